The number of rotatable bonds is 5. The zero-order valence-corrected chi connectivity index (χ0v) is 17.8. The van der Waals surface area contributed by atoms with Crippen molar-refractivity contribution in [3.05, 3.63) is 94.5 Å². The van der Waals surface area contributed by atoms with E-state index in [1.807, 2.05) is 42.5 Å². The van der Waals surface area contributed by atoms with Crippen LogP contribution in [0.25, 0.3) is 21.9 Å². The van der Waals surface area contributed by atoms with Crippen LogP contribution in [0, 0.1) is 0 Å². The van der Waals surface area contributed by atoms with Gasteiger partial charge in [0, 0.05) is 15.4 Å². The summed E-state index contributed by atoms with van der Waals surface area (Å²) in [6, 6.07) is 23.0. The Balaban J connectivity index is 1.77. The Morgan fingerprint density at radius 2 is 1.53 bits per heavy atom. The van der Waals surface area contributed by atoms with E-state index in [4.69, 9.17) is 23.2 Å². The first-order chi connectivity index (χ1) is 14.4. The van der Waals surface area contributed by atoms with Gasteiger partial charge >= 0.3 is 5.97 Å². The van der Waals surface area contributed by atoms with E-state index in [0.717, 1.165) is 21.9 Å². The first-order valence-corrected chi connectivity index (χ1v) is 10.8. The number of carboxylic acid groups (broad SMARTS) is 1. The van der Waals surface area contributed by atoms with E-state index in [0.29, 0.717) is 20.6 Å². The Morgan fingerprint density at radius 1 is 0.833 bits per heavy atom. The molecule has 0 aromatic heterocycles. The van der Waals surface area contributed by atoms with Crippen molar-refractivity contribution in [3.63, 3.8) is 0 Å². The molecular formula is C23H15Cl2NO3S. The number of aromatic carboxylic acids is 1. The lowest BCUT2D eigenvalue weighted by Gasteiger charge is -2.14. The first kappa shape index (κ1) is 20.4. The maximum absolute atomic E-state index is 12.9. The molecule has 0 spiro atoms. The second kappa shape index (κ2) is 8.48. The van der Waals surface area contributed by atoms with Crippen LogP contribution < -0.4 is 4.72 Å². The summed E-state index contributed by atoms with van der Waals surface area (Å²) in [5, 5.41) is 11.9. The van der Waals surface area contributed by atoms with Crippen molar-refractivity contribution in [1.29, 1.82) is 0 Å². The van der Waals surface area contributed by atoms with Gasteiger partial charge in [0.25, 0.3) is 0 Å². The zero-order valence-electron chi connectivity index (χ0n) is 15.4. The maximum Gasteiger partial charge on any atom is 0.335 e. The molecule has 1 unspecified atom stereocenters. The van der Waals surface area contributed by atoms with Gasteiger partial charge in [0.15, 0.2) is 0 Å². The lowest BCUT2D eigenvalue weighted by Crippen LogP contribution is -2.05. The fourth-order valence-electron chi connectivity index (χ4n) is 3.25. The summed E-state index contributed by atoms with van der Waals surface area (Å²) < 4.78 is 15.9. The minimum Gasteiger partial charge on any atom is -0.478 e. The Labute approximate surface area is 185 Å². The van der Waals surface area contributed by atoms with E-state index >= 15 is 0 Å². The Morgan fingerprint density at radius 3 is 2.23 bits per heavy atom. The molecule has 0 saturated heterocycles. The molecule has 2 N–H and O–H groups in total. The number of hydrogen-bond acceptors (Lipinski definition) is 2. The Kier molecular flexibility index (Phi) is 5.77. The molecular weight excluding hydrogens is 441 g/mol. The van der Waals surface area contributed by atoms with Crippen LogP contribution in [0.5, 0.6) is 0 Å². The van der Waals surface area contributed by atoms with Gasteiger partial charge in [-0.25, -0.2) is 9.00 Å². The molecule has 30 heavy (non-hydrogen) atoms. The molecule has 0 radical (unpaired) electrons. The lowest BCUT2D eigenvalue weighted by molar-refractivity contribution is 0.0697. The molecule has 4 nitrogen and oxygen atoms in total. The van der Waals surface area contributed by atoms with Crippen LogP contribution >= 0.6 is 23.2 Å². The second-order valence-corrected chi connectivity index (χ2v) is 8.65. The van der Waals surface area contributed by atoms with E-state index in [-0.39, 0.29) is 5.56 Å². The third kappa shape index (κ3) is 4.19. The molecule has 4 aromatic carbocycles. The summed E-state index contributed by atoms with van der Waals surface area (Å²) in [5.74, 6) is -0.977. The zero-order chi connectivity index (χ0) is 21.3. The molecule has 0 aliphatic rings. The number of hydrogen-bond donors (Lipinski definition) is 2. The van der Waals surface area contributed by atoms with Crippen LogP contribution in [-0.4, -0.2) is 15.3 Å². The molecule has 1 atom stereocenters. The highest BCUT2D eigenvalue weighted by Crippen LogP contribution is 2.34. The fraction of sp³-hybridized carbons (Fsp3) is 0. The SMILES string of the molecule is O=C(O)c1cccc(-c2ccc(NS(=O)c3cc(Cl)cc(Cl)c3)c3ccccc23)c1. The van der Waals surface area contributed by atoms with Crippen molar-refractivity contribution in [2.24, 2.45) is 0 Å². The number of carboxylic acids is 1. The van der Waals surface area contributed by atoms with Gasteiger partial charge in [-0.15, -0.1) is 0 Å². The van der Waals surface area contributed by atoms with E-state index < -0.39 is 17.0 Å². The van der Waals surface area contributed by atoms with Crippen molar-refractivity contribution < 1.29 is 14.1 Å². The van der Waals surface area contributed by atoms with E-state index in [1.165, 1.54) is 0 Å². The van der Waals surface area contributed by atoms with Gasteiger partial charge in [-0.2, -0.15) is 0 Å². The molecule has 150 valence electrons. The van der Waals surface area contributed by atoms with E-state index in [9.17, 15) is 14.1 Å². The van der Waals surface area contributed by atoms with Crippen LogP contribution in [-0.2, 0) is 11.0 Å². The number of halogens is 2. The minimum absolute atomic E-state index is 0.220. The monoisotopic (exact) mass is 455 g/mol. The lowest BCUT2D eigenvalue weighted by atomic mass is 9.96. The number of benzene rings is 4. The standard InChI is InChI=1S/C23H15Cl2NO3S/c24-16-11-17(25)13-18(12-16)30(29)26-22-9-8-19(20-6-1-2-7-21(20)22)14-4-3-5-15(10-14)23(27)28/h1-13,26H,(H,27,28). The van der Waals surface area contributed by atoms with Gasteiger partial charge in [0.2, 0.25) is 0 Å². The van der Waals surface area contributed by atoms with Gasteiger partial charge in [0.05, 0.1) is 16.1 Å². The Bertz CT molecular complexity index is 1290. The van der Waals surface area contributed by atoms with Crippen molar-refractivity contribution in [2.45, 2.75) is 4.90 Å². The van der Waals surface area contributed by atoms with Gasteiger partial charge in [-0.1, -0.05) is 65.7 Å². The summed E-state index contributed by atoms with van der Waals surface area (Å²) >= 11 is 12.1. The summed E-state index contributed by atoms with van der Waals surface area (Å²) in [6.45, 7) is 0. The van der Waals surface area contributed by atoms with Crippen molar-refractivity contribution >= 4 is 56.6 Å². The predicted octanol–water partition coefficient (Wildman–Crippen LogP) is 6.65. The highest BCUT2D eigenvalue weighted by molar-refractivity contribution is 7.86. The second-order valence-electron chi connectivity index (χ2n) is 6.57. The summed E-state index contributed by atoms with van der Waals surface area (Å²) in [6.07, 6.45) is 0. The number of nitrogens with one attached hydrogen (secondary N) is 1. The van der Waals surface area contributed by atoms with Crippen LogP contribution in [0.4, 0.5) is 5.69 Å². The normalized spacial score (nSPS) is 11.9. The van der Waals surface area contributed by atoms with Crippen molar-refractivity contribution in [1.82, 2.24) is 0 Å². The van der Waals surface area contributed by atoms with Gasteiger partial charge in [0.1, 0.15) is 11.0 Å². The first-order valence-electron chi connectivity index (χ1n) is 8.92. The molecule has 0 aliphatic carbocycles. The average Bonchev–Trinajstić information content (AvgIpc) is 2.73. The minimum atomic E-state index is -1.57. The highest BCUT2D eigenvalue weighted by Gasteiger charge is 2.13. The molecule has 0 saturated carbocycles. The molecule has 4 rings (SSSR count). The van der Waals surface area contributed by atoms with E-state index in [2.05, 4.69) is 4.72 Å². The summed E-state index contributed by atoms with van der Waals surface area (Å²) in [5.41, 5.74) is 2.58. The topological polar surface area (TPSA) is 66.4 Å². The van der Waals surface area contributed by atoms with E-state index in [1.54, 1.807) is 36.4 Å². The van der Waals surface area contributed by atoms with Gasteiger partial charge < -0.3 is 9.83 Å². The van der Waals surface area contributed by atoms with Crippen LogP contribution in [0.15, 0.2) is 83.8 Å². The van der Waals surface area contributed by atoms with Crippen molar-refractivity contribution in [3.8, 4) is 11.1 Å². The molecule has 4 aromatic rings. The largest absolute Gasteiger partial charge is 0.478 e. The van der Waals surface area contributed by atoms with Gasteiger partial charge in [-0.3, -0.25) is 0 Å². The third-order valence-electron chi connectivity index (χ3n) is 4.60. The average molecular weight is 456 g/mol. The highest BCUT2D eigenvalue weighted by atomic mass is 35.5. The molecule has 0 heterocycles. The predicted molar refractivity (Wildman–Crippen MR) is 123 cm³/mol. The maximum atomic E-state index is 12.9. The number of anilines is 1. The van der Waals surface area contributed by atoms with Crippen LogP contribution in [0.1, 0.15) is 10.4 Å². The number of fused-ring (bicyclic) bond motifs is 1. The number of carbonyl (C=O) groups is 1. The smallest absolute Gasteiger partial charge is 0.335 e. The fourth-order valence-corrected chi connectivity index (χ4v) is 4.87. The van der Waals surface area contributed by atoms with Crippen LogP contribution in [0.3, 0.4) is 0 Å². The molecule has 7 heteroatoms. The quantitative estimate of drug-likeness (QED) is 0.354. The Hall–Kier alpha value is -2.86. The van der Waals surface area contributed by atoms with Gasteiger partial charge in [-0.05, 0) is 52.9 Å². The van der Waals surface area contributed by atoms with Crippen molar-refractivity contribution in [2.75, 3.05) is 4.72 Å². The molecule has 0 fully saturated rings. The molecule has 0 bridgehead atoms. The van der Waals surface area contributed by atoms with Crippen LogP contribution in [0.2, 0.25) is 10.0 Å². The molecule has 0 amide bonds. The third-order valence-corrected chi connectivity index (χ3v) is 6.10. The molecule has 0 aliphatic heterocycles. The summed E-state index contributed by atoms with van der Waals surface area (Å²) in [4.78, 5) is 11.8. The summed E-state index contributed by atoms with van der Waals surface area (Å²) in [7, 11) is -1.57.